The zero-order valence-electron chi connectivity index (χ0n) is 17.0. The fraction of sp³-hybridized carbons (Fsp3) is 0.429. The first-order valence-corrected chi connectivity index (χ1v) is 10.3. The van der Waals surface area contributed by atoms with Gasteiger partial charge in [-0.1, -0.05) is 11.8 Å². The van der Waals surface area contributed by atoms with E-state index in [9.17, 15) is 9.59 Å². The van der Waals surface area contributed by atoms with Crippen LogP contribution in [-0.2, 0) is 14.3 Å². The number of carbonyl (C=O) groups excluding carboxylic acids is 2. The molecule has 0 spiro atoms. The van der Waals surface area contributed by atoms with Gasteiger partial charge in [-0.3, -0.25) is 4.79 Å². The van der Waals surface area contributed by atoms with Gasteiger partial charge in [0.05, 0.1) is 30.5 Å². The van der Waals surface area contributed by atoms with E-state index in [1.165, 1.54) is 13.0 Å². The number of rotatable bonds is 9. The molecule has 1 aromatic carbocycles. The number of ether oxygens (including phenoxy) is 3. The van der Waals surface area contributed by atoms with Gasteiger partial charge < -0.3 is 19.1 Å². The third-order valence-electron chi connectivity index (χ3n) is 3.98. The highest BCUT2D eigenvalue weighted by atomic mass is 32.2. The highest BCUT2D eigenvalue weighted by Crippen LogP contribution is 2.50. The molecule has 0 bridgehead atoms. The average Bonchev–Trinajstić information content (AvgIpc) is 2.98. The number of Topliss-reactive ketones (excluding diaryl/α,β-unsaturated/α-hetero) is 1. The first-order valence-electron chi connectivity index (χ1n) is 9.45. The van der Waals surface area contributed by atoms with E-state index in [1.807, 2.05) is 32.9 Å². The average molecular weight is 406 g/mol. The Labute approximate surface area is 170 Å². The van der Waals surface area contributed by atoms with Gasteiger partial charge in [0.15, 0.2) is 17.3 Å². The number of hydrogen-bond acceptors (Lipinski definition) is 7. The lowest BCUT2D eigenvalue weighted by atomic mass is 10.1. The monoisotopic (exact) mass is 405 g/mol. The normalized spacial score (nSPS) is 14.8. The number of carbonyl (C=O) groups is 2. The summed E-state index contributed by atoms with van der Waals surface area (Å²) in [5.41, 5.74) is 1.05. The van der Waals surface area contributed by atoms with E-state index in [0.717, 1.165) is 22.2 Å². The SMILES string of the molecule is CCOC(=O)/C(=C/C=C1/Sc2cc(OCC)c(OCC)cc2N1CC)C(C)=O. The van der Waals surface area contributed by atoms with Crippen molar-refractivity contribution in [3.63, 3.8) is 0 Å². The van der Waals surface area contributed by atoms with Crippen LogP contribution in [-0.4, -0.2) is 38.1 Å². The van der Waals surface area contributed by atoms with Crippen LogP contribution in [0.25, 0.3) is 0 Å². The number of anilines is 1. The van der Waals surface area contributed by atoms with Crippen LogP contribution in [0.4, 0.5) is 5.69 Å². The van der Waals surface area contributed by atoms with Crippen LogP contribution in [0, 0.1) is 0 Å². The molecule has 152 valence electrons. The van der Waals surface area contributed by atoms with E-state index >= 15 is 0 Å². The number of esters is 1. The predicted octanol–water partition coefficient (Wildman–Crippen LogP) is 4.34. The Kier molecular flexibility index (Phi) is 7.99. The lowest BCUT2D eigenvalue weighted by molar-refractivity contribution is -0.139. The van der Waals surface area contributed by atoms with Crippen LogP contribution in [0.5, 0.6) is 11.5 Å². The Morgan fingerprint density at radius 3 is 2.21 bits per heavy atom. The summed E-state index contributed by atoms with van der Waals surface area (Å²) >= 11 is 1.56. The molecule has 0 fully saturated rings. The second kappa shape index (κ2) is 10.2. The first kappa shape index (κ1) is 21.9. The Morgan fingerprint density at radius 2 is 1.68 bits per heavy atom. The Morgan fingerprint density at radius 1 is 1.04 bits per heavy atom. The summed E-state index contributed by atoms with van der Waals surface area (Å²) in [5.74, 6) is 0.484. The summed E-state index contributed by atoms with van der Waals surface area (Å²) in [4.78, 5) is 27.0. The quantitative estimate of drug-likeness (QED) is 0.262. The summed E-state index contributed by atoms with van der Waals surface area (Å²) in [6, 6.07) is 3.95. The number of allylic oxidation sites excluding steroid dienone is 2. The van der Waals surface area contributed by atoms with E-state index in [1.54, 1.807) is 24.8 Å². The maximum absolute atomic E-state index is 12.0. The van der Waals surface area contributed by atoms with Crippen molar-refractivity contribution < 1.29 is 23.8 Å². The Bertz CT molecular complexity index is 800. The minimum atomic E-state index is -0.604. The zero-order valence-corrected chi connectivity index (χ0v) is 17.9. The number of thioether (sulfide) groups is 1. The van der Waals surface area contributed by atoms with Crippen molar-refractivity contribution in [3.05, 3.63) is 34.9 Å². The molecule has 0 amide bonds. The van der Waals surface area contributed by atoms with Crippen LogP contribution < -0.4 is 14.4 Å². The molecule has 0 radical (unpaired) electrons. The molecule has 1 heterocycles. The molecule has 1 aliphatic rings. The maximum Gasteiger partial charge on any atom is 0.341 e. The third kappa shape index (κ3) is 4.90. The maximum atomic E-state index is 12.0. The summed E-state index contributed by atoms with van der Waals surface area (Å²) < 4.78 is 16.4. The minimum absolute atomic E-state index is 0.0342. The van der Waals surface area contributed by atoms with Crippen molar-refractivity contribution in [2.75, 3.05) is 31.3 Å². The smallest absolute Gasteiger partial charge is 0.341 e. The fourth-order valence-corrected chi connectivity index (χ4v) is 3.93. The van der Waals surface area contributed by atoms with Crippen molar-refractivity contribution in [1.29, 1.82) is 0 Å². The van der Waals surface area contributed by atoms with E-state index < -0.39 is 5.97 Å². The summed E-state index contributed by atoms with van der Waals surface area (Å²) in [6.45, 7) is 11.0. The van der Waals surface area contributed by atoms with Crippen LogP contribution >= 0.6 is 11.8 Å². The largest absolute Gasteiger partial charge is 0.490 e. The van der Waals surface area contributed by atoms with Gasteiger partial charge in [0.2, 0.25) is 0 Å². The second-order valence-electron chi connectivity index (χ2n) is 5.84. The van der Waals surface area contributed by atoms with Gasteiger partial charge in [0, 0.05) is 23.6 Å². The van der Waals surface area contributed by atoms with Crippen molar-refractivity contribution in [2.24, 2.45) is 0 Å². The Balaban J connectivity index is 2.41. The predicted molar refractivity (Wildman–Crippen MR) is 111 cm³/mol. The topological polar surface area (TPSA) is 65.1 Å². The van der Waals surface area contributed by atoms with E-state index in [4.69, 9.17) is 14.2 Å². The molecule has 0 aromatic heterocycles. The molecule has 0 saturated carbocycles. The molecule has 2 rings (SSSR count). The molecule has 6 nitrogen and oxygen atoms in total. The van der Waals surface area contributed by atoms with Gasteiger partial charge in [0.25, 0.3) is 0 Å². The van der Waals surface area contributed by atoms with E-state index in [0.29, 0.717) is 24.7 Å². The number of benzene rings is 1. The van der Waals surface area contributed by atoms with Crippen molar-refractivity contribution in [2.45, 2.75) is 39.5 Å². The van der Waals surface area contributed by atoms with Crippen LogP contribution in [0.3, 0.4) is 0 Å². The molecule has 0 atom stereocenters. The van der Waals surface area contributed by atoms with Gasteiger partial charge in [-0.05, 0) is 46.8 Å². The number of nitrogens with zero attached hydrogens (tertiary/aromatic N) is 1. The molecular weight excluding hydrogens is 378 g/mol. The zero-order chi connectivity index (χ0) is 20.7. The molecule has 28 heavy (non-hydrogen) atoms. The summed E-state index contributed by atoms with van der Waals surface area (Å²) in [6.07, 6.45) is 3.31. The molecule has 0 unspecified atom stereocenters. The fourth-order valence-electron chi connectivity index (χ4n) is 2.79. The number of hydrogen-bond donors (Lipinski definition) is 0. The van der Waals surface area contributed by atoms with Crippen molar-refractivity contribution >= 4 is 29.2 Å². The first-order chi connectivity index (χ1) is 13.5. The van der Waals surface area contributed by atoms with E-state index in [-0.39, 0.29) is 18.0 Å². The lowest BCUT2D eigenvalue weighted by Crippen LogP contribution is -2.17. The van der Waals surface area contributed by atoms with Crippen molar-refractivity contribution in [3.8, 4) is 11.5 Å². The molecule has 1 aliphatic heterocycles. The third-order valence-corrected chi connectivity index (χ3v) is 5.09. The van der Waals surface area contributed by atoms with Crippen LogP contribution in [0.2, 0.25) is 0 Å². The Hall–Kier alpha value is -2.41. The number of fused-ring (bicyclic) bond motifs is 1. The summed E-state index contributed by atoms with van der Waals surface area (Å²) in [7, 11) is 0. The van der Waals surface area contributed by atoms with Gasteiger partial charge >= 0.3 is 5.97 Å². The summed E-state index contributed by atoms with van der Waals surface area (Å²) in [5, 5.41) is 0.914. The van der Waals surface area contributed by atoms with Gasteiger partial charge in [-0.25, -0.2) is 4.79 Å². The van der Waals surface area contributed by atoms with Gasteiger partial charge in [-0.2, -0.15) is 0 Å². The van der Waals surface area contributed by atoms with Crippen LogP contribution in [0.1, 0.15) is 34.6 Å². The van der Waals surface area contributed by atoms with Crippen LogP contribution in [0.15, 0.2) is 39.8 Å². The second-order valence-corrected chi connectivity index (χ2v) is 6.90. The molecule has 0 aliphatic carbocycles. The molecule has 7 heteroatoms. The molecule has 1 aromatic rings. The number of ketones is 1. The molecular formula is C21H27NO5S. The lowest BCUT2D eigenvalue weighted by Gasteiger charge is -2.19. The molecule has 0 N–H and O–H groups in total. The minimum Gasteiger partial charge on any atom is -0.490 e. The molecule has 0 saturated heterocycles. The van der Waals surface area contributed by atoms with Gasteiger partial charge in [0.1, 0.15) is 5.57 Å². The highest BCUT2D eigenvalue weighted by Gasteiger charge is 2.27. The van der Waals surface area contributed by atoms with E-state index in [2.05, 4.69) is 4.90 Å². The van der Waals surface area contributed by atoms with Gasteiger partial charge in [-0.15, -0.1) is 0 Å². The van der Waals surface area contributed by atoms with Crippen molar-refractivity contribution in [1.82, 2.24) is 0 Å². The standard InChI is InChI=1S/C21H27NO5S/c1-6-22-16-12-17(25-7-2)18(26-8-3)13-19(16)28-20(22)11-10-15(14(5)23)21(24)27-9-4/h10-13H,6-9H2,1-5H3/b15-10+,20-11+. The highest BCUT2D eigenvalue weighted by molar-refractivity contribution is 8.03.